The van der Waals surface area contributed by atoms with Gasteiger partial charge in [0, 0.05) is 6.42 Å². The number of aliphatic hydroxyl groups excluding tert-OH is 5. The van der Waals surface area contributed by atoms with Crippen LogP contribution in [0.5, 0.6) is 0 Å². The van der Waals surface area contributed by atoms with Crippen LogP contribution >= 0.6 is 0 Å². The quantitative estimate of drug-likeness (QED) is 0.0195. The molecule has 6 N–H and O–H groups in total. The van der Waals surface area contributed by atoms with Crippen molar-refractivity contribution in [1.82, 2.24) is 5.32 Å². The molecule has 0 aliphatic carbocycles. The fraction of sp³-hybridized carbons (Fsp3) is 0.757. The van der Waals surface area contributed by atoms with Crippen molar-refractivity contribution in [2.45, 2.75) is 346 Å². The van der Waals surface area contributed by atoms with E-state index in [1.807, 2.05) is 6.08 Å². The van der Waals surface area contributed by atoms with Crippen molar-refractivity contribution in [2.75, 3.05) is 13.2 Å². The minimum atomic E-state index is -1.62. The van der Waals surface area contributed by atoms with Gasteiger partial charge < -0.3 is 45.1 Å². The monoisotopic (exact) mass is 1190 g/mol. The molecule has 1 aliphatic heterocycles. The molecule has 0 bridgehead atoms. The molecule has 0 spiro atoms. The molecule has 85 heavy (non-hydrogen) atoms. The first-order valence-electron chi connectivity index (χ1n) is 35.0. The second-order valence-electron chi connectivity index (χ2n) is 23.9. The number of hydrogen-bond acceptors (Lipinski definition) is 10. The highest BCUT2D eigenvalue weighted by Crippen LogP contribution is 2.26. The molecule has 490 valence electrons. The number of ether oxygens (including phenoxy) is 3. The molecule has 0 aromatic carbocycles. The summed E-state index contributed by atoms with van der Waals surface area (Å²) in [5.41, 5.74) is 0. The van der Waals surface area contributed by atoms with Gasteiger partial charge in [0.1, 0.15) is 24.4 Å². The van der Waals surface area contributed by atoms with Gasteiger partial charge in [0.2, 0.25) is 5.91 Å². The predicted octanol–water partition coefficient (Wildman–Crippen LogP) is 17.8. The van der Waals surface area contributed by atoms with Crippen LogP contribution in [0.15, 0.2) is 97.2 Å². The minimum absolute atomic E-state index is 0.116. The smallest absolute Gasteiger partial charge is 0.306 e. The Hall–Kier alpha value is -3.42. The Kier molecular flexibility index (Phi) is 57.0. The van der Waals surface area contributed by atoms with Crippen LogP contribution < -0.4 is 5.32 Å². The van der Waals surface area contributed by atoms with E-state index in [1.165, 1.54) is 141 Å². The topological polar surface area (TPSA) is 175 Å². The maximum absolute atomic E-state index is 13.5. The summed E-state index contributed by atoms with van der Waals surface area (Å²) in [4.78, 5) is 26.7. The van der Waals surface area contributed by atoms with Crippen molar-refractivity contribution in [2.24, 2.45) is 0 Å². The number of nitrogens with one attached hydrogen (secondary N) is 1. The molecule has 1 rings (SSSR count). The van der Waals surface area contributed by atoms with Gasteiger partial charge in [-0.3, -0.25) is 9.59 Å². The molecule has 1 fully saturated rings. The molecule has 8 unspecified atom stereocenters. The average molecular weight is 1190 g/mol. The Labute approximate surface area is 520 Å². The highest BCUT2D eigenvalue weighted by atomic mass is 16.7. The van der Waals surface area contributed by atoms with Gasteiger partial charge in [-0.05, 0) is 103 Å². The van der Waals surface area contributed by atoms with E-state index < -0.39 is 67.4 Å². The number of esters is 1. The van der Waals surface area contributed by atoms with Gasteiger partial charge in [0.15, 0.2) is 12.4 Å². The molecule has 1 heterocycles. The second-order valence-corrected chi connectivity index (χ2v) is 23.9. The fourth-order valence-electron chi connectivity index (χ4n) is 10.5. The van der Waals surface area contributed by atoms with E-state index in [2.05, 4.69) is 111 Å². The van der Waals surface area contributed by atoms with Gasteiger partial charge >= 0.3 is 5.97 Å². The third-order valence-electron chi connectivity index (χ3n) is 16.0. The fourth-order valence-corrected chi connectivity index (χ4v) is 10.5. The van der Waals surface area contributed by atoms with E-state index in [4.69, 9.17) is 14.2 Å². The summed E-state index contributed by atoms with van der Waals surface area (Å²) >= 11 is 0. The van der Waals surface area contributed by atoms with Gasteiger partial charge in [-0.25, -0.2) is 0 Å². The van der Waals surface area contributed by atoms with Gasteiger partial charge in [0.05, 0.1) is 25.4 Å². The molecule has 0 aromatic rings. The normalized spacial score (nSPS) is 19.0. The molecular formula is C74H129NO10. The highest BCUT2D eigenvalue weighted by molar-refractivity contribution is 5.80. The SMILES string of the molecule is CC/C=C\C/C=C\C/C=C\C/C=C\C/C=C\C/C=C\CCCCCCCC(O)C(=O)NC(COC1OC(CO)C(O)C(O)C1OC(=O)CCCCCCCCCCC/C=C/CCCCCCCC)C(O)/C=C/CCCCCCCCCCCCC. The lowest BCUT2D eigenvalue weighted by atomic mass is 9.99. The summed E-state index contributed by atoms with van der Waals surface area (Å²) in [7, 11) is 0. The van der Waals surface area contributed by atoms with Crippen LogP contribution in [0.25, 0.3) is 0 Å². The number of unbranched alkanes of at least 4 members (excludes halogenated alkanes) is 31. The van der Waals surface area contributed by atoms with Crippen molar-refractivity contribution in [1.29, 1.82) is 0 Å². The molecule has 1 amide bonds. The first-order valence-corrected chi connectivity index (χ1v) is 35.0. The van der Waals surface area contributed by atoms with Crippen LogP contribution in [0.1, 0.15) is 297 Å². The molecule has 0 aromatic heterocycles. The number of hydrogen-bond donors (Lipinski definition) is 6. The largest absolute Gasteiger partial charge is 0.454 e. The Morgan fingerprint density at radius 3 is 1.28 bits per heavy atom. The zero-order valence-corrected chi connectivity index (χ0v) is 54.5. The maximum Gasteiger partial charge on any atom is 0.306 e. The molecule has 11 nitrogen and oxygen atoms in total. The summed E-state index contributed by atoms with van der Waals surface area (Å²) in [6, 6.07) is -1.04. The lowest BCUT2D eigenvalue weighted by Gasteiger charge is -2.41. The summed E-state index contributed by atoms with van der Waals surface area (Å²) in [5, 5.41) is 57.2. The van der Waals surface area contributed by atoms with E-state index in [9.17, 15) is 35.1 Å². The van der Waals surface area contributed by atoms with E-state index in [0.29, 0.717) is 12.8 Å². The summed E-state index contributed by atoms with van der Waals surface area (Å²) in [5.74, 6) is -1.21. The molecule has 1 saturated heterocycles. The van der Waals surface area contributed by atoms with Crippen molar-refractivity contribution < 1.29 is 49.3 Å². The van der Waals surface area contributed by atoms with Gasteiger partial charge in [-0.15, -0.1) is 0 Å². The predicted molar refractivity (Wildman–Crippen MR) is 356 cm³/mol. The van der Waals surface area contributed by atoms with Crippen molar-refractivity contribution in [3.63, 3.8) is 0 Å². The van der Waals surface area contributed by atoms with E-state index in [1.54, 1.807) is 6.08 Å². The number of aliphatic hydroxyl groups is 5. The van der Waals surface area contributed by atoms with Crippen LogP contribution in [0.2, 0.25) is 0 Å². The molecule has 0 radical (unpaired) electrons. The van der Waals surface area contributed by atoms with Crippen molar-refractivity contribution in [3.8, 4) is 0 Å². The molecule has 0 saturated carbocycles. The molecule has 8 atom stereocenters. The lowest BCUT2D eigenvalue weighted by molar-refractivity contribution is -0.305. The first kappa shape index (κ1) is 79.6. The van der Waals surface area contributed by atoms with E-state index in [-0.39, 0.29) is 19.4 Å². The summed E-state index contributed by atoms with van der Waals surface area (Å²) < 4.78 is 17.7. The van der Waals surface area contributed by atoms with Crippen molar-refractivity contribution in [3.05, 3.63) is 97.2 Å². The first-order chi connectivity index (χ1) is 41.7. The Morgan fingerprint density at radius 2 is 0.847 bits per heavy atom. The maximum atomic E-state index is 13.5. The number of amides is 1. The van der Waals surface area contributed by atoms with Crippen LogP contribution in [0.4, 0.5) is 0 Å². The Bertz CT molecular complexity index is 1750. The summed E-state index contributed by atoms with van der Waals surface area (Å²) in [6.45, 7) is 5.69. The van der Waals surface area contributed by atoms with Crippen LogP contribution in [-0.4, -0.2) is 99.6 Å². The zero-order valence-electron chi connectivity index (χ0n) is 54.5. The Balaban J connectivity index is 2.64. The van der Waals surface area contributed by atoms with Crippen LogP contribution in [0, 0.1) is 0 Å². The summed E-state index contributed by atoms with van der Waals surface area (Å²) in [6.07, 6.45) is 71.5. The van der Waals surface area contributed by atoms with Crippen molar-refractivity contribution >= 4 is 11.9 Å². The van der Waals surface area contributed by atoms with Gasteiger partial charge in [-0.2, -0.15) is 0 Å². The lowest BCUT2D eigenvalue weighted by Crippen LogP contribution is -2.61. The minimum Gasteiger partial charge on any atom is -0.454 e. The van der Waals surface area contributed by atoms with Crippen LogP contribution in [-0.2, 0) is 23.8 Å². The van der Waals surface area contributed by atoms with E-state index >= 15 is 0 Å². The number of allylic oxidation sites excluding steroid dienone is 15. The second kappa shape index (κ2) is 60.8. The molecule has 11 heteroatoms. The third-order valence-corrected chi connectivity index (χ3v) is 16.0. The van der Waals surface area contributed by atoms with Gasteiger partial charge in [-0.1, -0.05) is 285 Å². The van der Waals surface area contributed by atoms with E-state index in [0.717, 1.165) is 109 Å². The average Bonchev–Trinajstić information content (AvgIpc) is 3.17. The number of rotatable bonds is 59. The third kappa shape index (κ3) is 48.2. The molecular weight excluding hydrogens is 1060 g/mol. The number of carbonyl (C=O) groups is 2. The molecule has 1 aliphatic rings. The highest BCUT2D eigenvalue weighted by Gasteiger charge is 2.47. The van der Waals surface area contributed by atoms with Crippen LogP contribution in [0.3, 0.4) is 0 Å². The zero-order chi connectivity index (χ0) is 61.7. The Morgan fingerprint density at radius 1 is 0.471 bits per heavy atom. The standard InChI is InChI=1S/C74H129NO10/c1-4-7-10-13-16-19-22-25-27-29-31-32-33-34-35-37-38-40-43-46-49-52-55-58-61-67(78)73(82)75-65(66(77)60-57-54-51-48-45-42-24-21-18-15-12-9-6-3)64-83-74-72(71(81)70(80)68(63-76)84-74)85-69(79)62-59-56-53-50-47-44-41-39-36-30-28-26-23-20-17-14-11-8-5-2/h7,10,16,19,25-28,31-32,34-35,38,40,57,60,65-68,70-72,74,76-78,80-81H,4-6,8-9,11-15,17-18,20-24,29-30,33,36-37,39,41-56,58-59,61-64H2,1-3H3,(H,75,82)/b10-7-,19-16-,27-25-,28-26+,32-31-,35-34-,40-38-,60-57+. The van der Waals surface area contributed by atoms with Gasteiger partial charge in [0.25, 0.3) is 0 Å². The number of carbonyl (C=O) groups excluding carboxylic acids is 2.